The number of nitrogens with zero attached hydrogens (tertiary/aromatic N) is 4. The number of hydrogen-bond donors (Lipinski definition) is 1. The van der Waals surface area contributed by atoms with Gasteiger partial charge in [0, 0.05) is 53.1 Å². The fourth-order valence-electron chi connectivity index (χ4n) is 4.30. The first-order valence-electron chi connectivity index (χ1n) is 13.0. The van der Waals surface area contributed by atoms with Gasteiger partial charge in [0.2, 0.25) is 0 Å². The summed E-state index contributed by atoms with van der Waals surface area (Å²) in [7, 11) is -0.202. The average molecular weight is 504 g/mol. The van der Waals surface area contributed by atoms with Crippen LogP contribution in [0.5, 0.6) is 0 Å². The number of ether oxygens (including phenoxy) is 2. The highest BCUT2D eigenvalue weighted by molar-refractivity contribution is 6.76. The van der Waals surface area contributed by atoms with Gasteiger partial charge >= 0.3 is 0 Å². The fourth-order valence-corrected chi connectivity index (χ4v) is 5.82. The van der Waals surface area contributed by atoms with Crippen molar-refractivity contribution in [3.05, 3.63) is 24.0 Å². The third-order valence-electron chi connectivity index (χ3n) is 6.73. The van der Waals surface area contributed by atoms with Crippen molar-refractivity contribution in [3.63, 3.8) is 0 Å². The van der Waals surface area contributed by atoms with Crippen LogP contribution in [0, 0.1) is 0 Å². The molecule has 1 N–H and O–H groups in total. The molecule has 1 saturated carbocycles. The van der Waals surface area contributed by atoms with E-state index >= 15 is 0 Å². The Kier molecular flexibility index (Phi) is 9.80. The molecule has 0 amide bonds. The Morgan fingerprint density at radius 1 is 1.00 bits per heavy atom. The summed E-state index contributed by atoms with van der Waals surface area (Å²) in [6, 6.07) is 7.18. The summed E-state index contributed by atoms with van der Waals surface area (Å²) in [5, 5.41) is 8.03. The highest BCUT2D eigenvalue weighted by atomic mass is 28.3. The monoisotopic (exact) mass is 503 g/mol. The molecule has 0 radical (unpaired) electrons. The third kappa shape index (κ3) is 8.48. The minimum atomic E-state index is -1.14. The molecule has 3 rings (SSSR count). The first kappa shape index (κ1) is 27.4. The quantitative estimate of drug-likeness (QED) is 0.250. The molecule has 7 nitrogen and oxygen atoms in total. The Morgan fingerprint density at radius 2 is 1.59 bits per heavy atom. The van der Waals surface area contributed by atoms with Crippen LogP contribution in [-0.4, -0.2) is 71.4 Å². The number of aromatic nitrogens is 3. The van der Waals surface area contributed by atoms with Crippen LogP contribution in [-0.2, 0) is 9.47 Å². The third-order valence-corrected chi connectivity index (χ3v) is 10.1. The summed E-state index contributed by atoms with van der Waals surface area (Å²) < 4.78 is 14.3. The molecule has 1 fully saturated rings. The Hall–Kier alpha value is -1.20. The van der Waals surface area contributed by atoms with Gasteiger partial charge in [0.25, 0.3) is 0 Å². The zero-order valence-corrected chi connectivity index (χ0v) is 24.6. The molecular formula is C24H46BN5O2Si2. The van der Waals surface area contributed by atoms with Crippen LogP contribution in [0.25, 0.3) is 5.65 Å². The summed E-state index contributed by atoms with van der Waals surface area (Å²) >= 11 is 0. The van der Waals surface area contributed by atoms with Crippen molar-refractivity contribution < 1.29 is 9.47 Å². The number of fused-ring (bicyclic) bond motifs is 1. The number of rotatable bonds is 13. The maximum absolute atomic E-state index is 6.18. The maximum atomic E-state index is 6.18. The van der Waals surface area contributed by atoms with Gasteiger partial charge in [0.05, 0.1) is 6.20 Å². The zero-order valence-electron chi connectivity index (χ0n) is 22.6. The van der Waals surface area contributed by atoms with Gasteiger partial charge in [0.15, 0.2) is 13.6 Å². The predicted molar refractivity (Wildman–Crippen MR) is 150 cm³/mol. The second kappa shape index (κ2) is 12.2. The Labute approximate surface area is 209 Å². The second-order valence-electron chi connectivity index (χ2n) is 12.2. The first-order chi connectivity index (χ1) is 16.1. The van der Waals surface area contributed by atoms with Crippen LogP contribution in [0.3, 0.4) is 0 Å². The molecule has 34 heavy (non-hydrogen) atoms. The molecule has 190 valence electrons. The molecule has 0 aromatic carbocycles. The van der Waals surface area contributed by atoms with E-state index in [-0.39, 0.29) is 0 Å². The van der Waals surface area contributed by atoms with Crippen molar-refractivity contribution >= 4 is 35.6 Å². The van der Waals surface area contributed by atoms with E-state index in [9.17, 15) is 0 Å². The van der Waals surface area contributed by atoms with Gasteiger partial charge in [-0.3, -0.25) is 0 Å². The number of hydrogen-bond acceptors (Lipinski definition) is 6. The van der Waals surface area contributed by atoms with Crippen molar-refractivity contribution in [2.45, 2.75) is 89.0 Å². The van der Waals surface area contributed by atoms with Crippen LogP contribution in [0.2, 0.25) is 51.4 Å². The maximum Gasteiger partial charge on any atom is 0.182 e. The van der Waals surface area contributed by atoms with E-state index in [1.807, 2.05) is 16.8 Å². The van der Waals surface area contributed by atoms with Gasteiger partial charge in [-0.1, -0.05) is 39.3 Å². The molecule has 2 heterocycles. The smallest absolute Gasteiger partial charge is 0.182 e. The normalized spacial score (nSPS) is 19.6. The lowest BCUT2D eigenvalue weighted by molar-refractivity contribution is 0.0942. The topological polar surface area (TPSA) is 63.9 Å². The second-order valence-corrected chi connectivity index (χ2v) is 23.5. The van der Waals surface area contributed by atoms with Crippen LogP contribution < -0.4 is 10.1 Å². The molecule has 1 aliphatic carbocycles. The summed E-state index contributed by atoms with van der Waals surface area (Å²) in [6.07, 6.45) is 6.57. The van der Waals surface area contributed by atoms with Crippen molar-refractivity contribution in [1.29, 1.82) is 0 Å². The van der Waals surface area contributed by atoms with Gasteiger partial charge in [-0.2, -0.15) is 9.61 Å². The summed E-state index contributed by atoms with van der Waals surface area (Å²) in [5.41, 5.74) is 2.07. The molecule has 0 atom stereocenters. The fraction of sp³-hybridized carbons (Fsp3) is 0.750. The average Bonchev–Trinajstić information content (AvgIpc) is 3.25. The lowest BCUT2D eigenvalue weighted by Crippen LogP contribution is -2.33. The van der Waals surface area contributed by atoms with E-state index in [2.05, 4.69) is 68.6 Å². The van der Waals surface area contributed by atoms with Gasteiger partial charge in [-0.15, -0.1) is 0 Å². The SMILES string of the molecule is BN[C@H]1CC[C@H](c2cc(N(COCC[Si](C)(C)C)COCC[Si](C)(C)C)n3nccc3n2)CC1. The van der Waals surface area contributed by atoms with Gasteiger partial charge in [-0.25, -0.2) is 4.98 Å². The van der Waals surface area contributed by atoms with E-state index in [1.54, 1.807) is 0 Å². The van der Waals surface area contributed by atoms with E-state index < -0.39 is 16.1 Å². The van der Waals surface area contributed by atoms with Crippen LogP contribution in [0.4, 0.5) is 5.82 Å². The number of nitrogens with one attached hydrogen (secondary N) is 1. The zero-order chi connectivity index (χ0) is 24.8. The lowest BCUT2D eigenvalue weighted by atomic mass is 9.83. The van der Waals surface area contributed by atoms with E-state index in [4.69, 9.17) is 14.5 Å². The van der Waals surface area contributed by atoms with E-state index in [1.165, 1.54) is 31.4 Å². The molecule has 0 spiro atoms. The lowest BCUT2D eigenvalue weighted by Gasteiger charge is -2.30. The Bertz CT molecular complexity index is 870. The van der Waals surface area contributed by atoms with Crippen LogP contribution in [0.1, 0.15) is 37.3 Å². The van der Waals surface area contributed by atoms with Gasteiger partial charge in [0.1, 0.15) is 19.3 Å². The highest BCUT2D eigenvalue weighted by Crippen LogP contribution is 2.33. The predicted octanol–water partition coefficient (Wildman–Crippen LogP) is 4.32. The van der Waals surface area contributed by atoms with Gasteiger partial charge < -0.3 is 19.6 Å². The summed E-state index contributed by atoms with van der Waals surface area (Å²) in [5.74, 6) is 1.51. The standard InChI is InChI=1S/C24H46BN5O2Si2/c1-33(2,3)15-13-31-18-29(19-32-14-16-34(4,5)6)24-17-22(27-23-11-12-26-30(23)24)20-7-9-21(28-25)10-8-20/h11-12,17,20-21,28H,7-10,13-16,18-19,25H2,1-6H3/t20-,21-. The Morgan fingerprint density at radius 3 is 2.12 bits per heavy atom. The molecule has 1 aliphatic rings. The molecule has 0 bridgehead atoms. The molecule has 0 aliphatic heterocycles. The van der Waals surface area contributed by atoms with Crippen LogP contribution >= 0.6 is 0 Å². The molecule has 0 saturated heterocycles. The van der Waals surface area contributed by atoms with Crippen molar-refractivity contribution in [2.24, 2.45) is 0 Å². The molecule has 10 heteroatoms. The minimum absolute atomic E-state index is 0.491. The molecule has 0 unspecified atom stereocenters. The molecular weight excluding hydrogens is 457 g/mol. The van der Waals surface area contributed by atoms with Gasteiger partial charge in [-0.05, 0) is 43.8 Å². The highest BCUT2D eigenvalue weighted by Gasteiger charge is 2.25. The van der Waals surface area contributed by atoms with Crippen molar-refractivity contribution in [1.82, 2.24) is 19.8 Å². The van der Waals surface area contributed by atoms with E-state index in [0.29, 0.717) is 25.4 Å². The summed E-state index contributed by atoms with van der Waals surface area (Å²) in [6.45, 7) is 16.9. The van der Waals surface area contributed by atoms with Crippen LogP contribution in [0.15, 0.2) is 18.3 Å². The van der Waals surface area contributed by atoms with E-state index in [0.717, 1.165) is 36.8 Å². The molecule has 2 aromatic rings. The Balaban J connectivity index is 1.78. The first-order valence-corrected chi connectivity index (χ1v) is 20.4. The van der Waals surface area contributed by atoms with Crippen molar-refractivity contribution in [2.75, 3.05) is 31.6 Å². The summed E-state index contributed by atoms with van der Waals surface area (Å²) in [4.78, 5) is 7.19. The molecule has 2 aromatic heterocycles. The number of anilines is 1. The minimum Gasteiger partial charge on any atom is -0.361 e. The van der Waals surface area contributed by atoms with Crippen molar-refractivity contribution in [3.8, 4) is 0 Å². The largest absolute Gasteiger partial charge is 0.361 e.